The maximum atomic E-state index is 12.2. The first kappa shape index (κ1) is 19.6. The lowest BCUT2D eigenvalue weighted by molar-refractivity contribution is -0.122. The second kappa shape index (κ2) is 7.28. The normalized spacial score (nSPS) is 24.2. The van der Waals surface area contributed by atoms with Crippen molar-refractivity contribution in [2.45, 2.75) is 72.3 Å². The highest BCUT2D eigenvalue weighted by Gasteiger charge is 2.37. The third-order valence-electron chi connectivity index (χ3n) is 5.43. The smallest absolute Gasteiger partial charge is 0.254 e. The zero-order valence-corrected chi connectivity index (χ0v) is 16.0. The van der Waals surface area contributed by atoms with E-state index in [4.69, 9.17) is 0 Å². The third-order valence-corrected chi connectivity index (χ3v) is 5.43. The molecule has 1 heterocycles. The molecule has 25 heavy (non-hydrogen) atoms. The van der Waals surface area contributed by atoms with Crippen LogP contribution in [0.15, 0.2) is 4.79 Å². The van der Waals surface area contributed by atoms with Gasteiger partial charge in [0.05, 0.1) is 12.0 Å². The van der Waals surface area contributed by atoms with Crippen LogP contribution in [0.4, 0.5) is 0 Å². The summed E-state index contributed by atoms with van der Waals surface area (Å²) in [7, 11) is 0. The van der Waals surface area contributed by atoms with Gasteiger partial charge in [0.15, 0.2) is 0 Å². The predicted molar refractivity (Wildman–Crippen MR) is 97.4 cm³/mol. The van der Waals surface area contributed by atoms with Crippen LogP contribution >= 0.6 is 0 Å². The van der Waals surface area contributed by atoms with Gasteiger partial charge in [-0.3, -0.25) is 9.59 Å². The van der Waals surface area contributed by atoms with Gasteiger partial charge >= 0.3 is 0 Å². The number of carbonyl (C=O) groups is 1. The molecule has 1 aliphatic carbocycles. The van der Waals surface area contributed by atoms with Crippen LogP contribution in [0.3, 0.4) is 0 Å². The Balaban J connectivity index is 1.90. The van der Waals surface area contributed by atoms with Crippen LogP contribution in [0.25, 0.3) is 0 Å². The van der Waals surface area contributed by atoms with E-state index < -0.39 is 5.60 Å². The minimum atomic E-state index is -0.843. The number of amides is 1. The number of rotatable bonds is 4. The van der Waals surface area contributed by atoms with Gasteiger partial charge in [-0.2, -0.15) is 0 Å². The Morgan fingerprint density at radius 3 is 2.44 bits per heavy atom. The van der Waals surface area contributed by atoms with Crippen LogP contribution < -0.4 is 10.9 Å². The Kier molecular flexibility index (Phi) is 5.72. The highest BCUT2D eigenvalue weighted by molar-refractivity contribution is 5.78. The molecule has 6 heteroatoms. The molecule has 0 radical (unpaired) electrons. The number of nitrogens with zero attached hydrogens (tertiary/aromatic N) is 1. The number of aliphatic hydroxyl groups is 1. The summed E-state index contributed by atoms with van der Waals surface area (Å²) >= 11 is 0. The molecule has 140 valence electrons. The summed E-state index contributed by atoms with van der Waals surface area (Å²) in [6.45, 7) is 10.4. The van der Waals surface area contributed by atoms with Crippen LogP contribution in [0.1, 0.15) is 63.5 Å². The molecule has 0 unspecified atom stereocenters. The fourth-order valence-electron chi connectivity index (χ4n) is 3.64. The molecular weight excluding hydrogens is 318 g/mol. The van der Waals surface area contributed by atoms with E-state index in [1.54, 1.807) is 13.8 Å². The summed E-state index contributed by atoms with van der Waals surface area (Å²) in [5.74, 6) is 0.880. The van der Waals surface area contributed by atoms with Crippen LogP contribution in [0.2, 0.25) is 0 Å². The maximum absolute atomic E-state index is 12.2. The van der Waals surface area contributed by atoms with Crippen molar-refractivity contribution in [1.82, 2.24) is 15.3 Å². The highest BCUT2D eigenvalue weighted by Crippen LogP contribution is 2.41. The van der Waals surface area contributed by atoms with E-state index in [0.717, 1.165) is 12.8 Å². The largest absolute Gasteiger partial charge is 0.388 e. The van der Waals surface area contributed by atoms with Crippen LogP contribution in [-0.2, 0) is 11.2 Å². The van der Waals surface area contributed by atoms with Crippen molar-refractivity contribution in [1.29, 1.82) is 0 Å². The van der Waals surface area contributed by atoms with Gasteiger partial charge in [-0.05, 0) is 50.9 Å². The zero-order valence-electron chi connectivity index (χ0n) is 16.0. The lowest BCUT2D eigenvalue weighted by Crippen LogP contribution is -2.47. The third kappa shape index (κ3) is 5.14. The Morgan fingerprint density at radius 1 is 1.32 bits per heavy atom. The lowest BCUT2D eigenvalue weighted by Gasteiger charge is -2.41. The number of nitrogens with one attached hydrogen (secondary N) is 2. The summed E-state index contributed by atoms with van der Waals surface area (Å²) in [5, 5.41) is 13.5. The van der Waals surface area contributed by atoms with E-state index in [1.807, 2.05) is 0 Å². The molecule has 1 aromatic heterocycles. The second-order valence-electron chi connectivity index (χ2n) is 8.53. The van der Waals surface area contributed by atoms with Gasteiger partial charge in [0, 0.05) is 17.8 Å². The number of aromatic nitrogens is 2. The monoisotopic (exact) mass is 349 g/mol. The van der Waals surface area contributed by atoms with E-state index in [1.165, 1.54) is 0 Å². The van der Waals surface area contributed by atoms with Crippen LogP contribution in [0, 0.1) is 25.2 Å². The molecule has 1 amide bonds. The number of H-pyrrole nitrogens is 1. The molecule has 0 aliphatic heterocycles. The van der Waals surface area contributed by atoms with Crippen molar-refractivity contribution in [2.24, 2.45) is 11.3 Å². The van der Waals surface area contributed by atoms with Crippen molar-refractivity contribution >= 4 is 5.91 Å². The number of aromatic amines is 1. The maximum Gasteiger partial charge on any atom is 0.254 e. The Morgan fingerprint density at radius 2 is 1.92 bits per heavy atom. The molecule has 0 spiro atoms. The van der Waals surface area contributed by atoms with Crippen LogP contribution in [0.5, 0.6) is 0 Å². The van der Waals surface area contributed by atoms with E-state index in [2.05, 4.69) is 36.1 Å². The molecule has 3 N–H and O–H groups in total. The van der Waals surface area contributed by atoms with Gasteiger partial charge in [-0.15, -0.1) is 0 Å². The highest BCUT2D eigenvalue weighted by atomic mass is 16.3. The van der Waals surface area contributed by atoms with Crippen molar-refractivity contribution in [3.05, 3.63) is 27.4 Å². The SMILES string of the molecule is Cc1nc(C)c(CC(=O)NCC2(O)CCC(C(C)(C)C)CC2)c(=O)[nH]1. The predicted octanol–water partition coefficient (Wildman–Crippen LogP) is 2.01. The van der Waals surface area contributed by atoms with Crippen molar-refractivity contribution < 1.29 is 9.90 Å². The fraction of sp³-hybridized carbons (Fsp3) is 0.737. The van der Waals surface area contributed by atoms with Gasteiger partial charge in [-0.1, -0.05) is 20.8 Å². The zero-order chi connectivity index (χ0) is 18.8. The van der Waals surface area contributed by atoms with E-state index in [-0.39, 0.29) is 29.8 Å². The molecule has 6 nitrogen and oxygen atoms in total. The molecule has 2 rings (SSSR count). The first-order valence-corrected chi connectivity index (χ1v) is 9.06. The summed E-state index contributed by atoms with van der Waals surface area (Å²) in [6.07, 6.45) is 3.31. The Labute approximate surface area is 149 Å². The van der Waals surface area contributed by atoms with Crippen LogP contribution in [-0.4, -0.2) is 33.1 Å². The topological polar surface area (TPSA) is 95.1 Å². The number of aryl methyl sites for hydroxylation is 2. The second-order valence-corrected chi connectivity index (χ2v) is 8.53. The Bertz CT molecular complexity index is 680. The van der Waals surface area contributed by atoms with Gasteiger partial charge in [0.1, 0.15) is 5.82 Å². The minimum absolute atomic E-state index is 0.0187. The molecule has 1 aromatic rings. The molecule has 1 fully saturated rings. The molecule has 0 saturated heterocycles. The average molecular weight is 349 g/mol. The van der Waals surface area contributed by atoms with Crippen molar-refractivity contribution in [3.8, 4) is 0 Å². The van der Waals surface area contributed by atoms with Crippen molar-refractivity contribution in [3.63, 3.8) is 0 Å². The van der Waals surface area contributed by atoms with Crippen molar-refractivity contribution in [2.75, 3.05) is 6.54 Å². The molecule has 1 aliphatic rings. The molecule has 0 atom stereocenters. The quantitative estimate of drug-likeness (QED) is 0.775. The summed E-state index contributed by atoms with van der Waals surface area (Å²) in [4.78, 5) is 31.0. The standard InChI is InChI=1S/C19H31N3O3/c1-12-15(17(24)22-13(2)21-12)10-16(23)20-11-19(25)8-6-14(7-9-19)18(3,4)5/h14,25H,6-11H2,1-5H3,(H,20,23)(H,21,22,24). The fourth-order valence-corrected chi connectivity index (χ4v) is 3.64. The van der Waals surface area contributed by atoms with Gasteiger partial charge in [0.25, 0.3) is 5.56 Å². The Hall–Kier alpha value is -1.69. The van der Waals surface area contributed by atoms with Gasteiger partial charge in [0.2, 0.25) is 5.91 Å². The molecular formula is C19H31N3O3. The molecule has 1 saturated carbocycles. The lowest BCUT2D eigenvalue weighted by atomic mass is 9.68. The summed E-state index contributed by atoms with van der Waals surface area (Å²) in [5.41, 5.74) is 0.0864. The molecule has 0 aromatic carbocycles. The first-order valence-electron chi connectivity index (χ1n) is 9.06. The molecule has 0 bridgehead atoms. The van der Waals surface area contributed by atoms with E-state index >= 15 is 0 Å². The number of carbonyl (C=O) groups excluding carboxylic acids is 1. The van der Waals surface area contributed by atoms with E-state index in [9.17, 15) is 14.7 Å². The number of hydrogen-bond acceptors (Lipinski definition) is 4. The minimum Gasteiger partial charge on any atom is -0.388 e. The number of hydrogen-bond donors (Lipinski definition) is 3. The average Bonchev–Trinajstić information content (AvgIpc) is 2.48. The first-order chi connectivity index (χ1) is 11.5. The summed E-state index contributed by atoms with van der Waals surface area (Å²) in [6, 6.07) is 0. The summed E-state index contributed by atoms with van der Waals surface area (Å²) < 4.78 is 0. The van der Waals surface area contributed by atoms with Gasteiger partial charge in [-0.25, -0.2) is 4.98 Å². The van der Waals surface area contributed by atoms with E-state index in [0.29, 0.717) is 35.8 Å². The van der Waals surface area contributed by atoms with Gasteiger partial charge < -0.3 is 15.4 Å².